The largest absolute Gasteiger partial charge is 0.480 e. The van der Waals surface area contributed by atoms with E-state index in [0.29, 0.717) is 0 Å². The summed E-state index contributed by atoms with van der Waals surface area (Å²) in [5.74, 6) is -1.09. The number of hydrogen-bond donors (Lipinski definition) is 2. The molecule has 0 amide bonds. The molecular weight excluding hydrogens is 142 g/mol. The molecule has 3 heteroatoms. The van der Waals surface area contributed by atoms with Gasteiger partial charge in [-0.05, 0) is 6.42 Å². The Hall–Kier alpha value is -1.09. The van der Waals surface area contributed by atoms with E-state index in [1.807, 2.05) is 24.3 Å². The molecule has 0 heterocycles. The van der Waals surface area contributed by atoms with Crippen molar-refractivity contribution in [3.8, 4) is 0 Å². The molecule has 0 aromatic heterocycles. The zero-order valence-electron chi connectivity index (χ0n) is 6.10. The van der Waals surface area contributed by atoms with Crippen LogP contribution < -0.4 is 5.73 Å². The predicted octanol–water partition coefficient (Wildman–Crippen LogP) is 0.531. The van der Waals surface area contributed by atoms with Gasteiger partial charge in [-0.1, -0.05) is 24.3 Å². The van der Waals surface area contributed by atoms with Crippen molar-refractivity contribution in [3.05, 3.63) is 24.3 Å². The summed E-state index contributed by atoms with van der Waals surface area (Å²) in [7, 11) is 0. The van der Waals surface area contributed by atoms with Crippen molar-refractivity contribution in [1.82, 2.24) is 0 Å². The van der Waals surface area contributed by atoms with Crippen LogP contribution in [-0.4, -0.2) is 17.1 Å². The number of carboxylic acids is 1. The van der Waals surface area contributed by atoms with Gasteiger partial charge in [0.1, 0.15) is 6.04 Å². The summed E-state index contributed by atoms with van der Waals surface area (Å²) < 4.78 is 0. The summed E-state index contributed by atoms with van der Waals surface area (Å²) >= 11 is 0. The van der Waals surface area contributed by atoms with E-state index in [4.69, 9.17) is 10.8 Å². The maximum atomic E-state index is 10.4. The van der Waals surface area contributed by atoms with Crippen LogP contribution in [0.5, 0.6) is 0 Å². The molecule has 60 valence electrons. The summed E-state index contributed by atoms with van der Waals surface area (Å²) in [4.78, 5) is 10.4. The molecule has 3 N–H and O–H groups in total. The fraction of sp³-hybridized carbons (Fsp3) is 0.375. The van der Waals surface area contributed by atoms with Gasteiger partial charge in [0, 0.05) is 5.92 Å². The van der Waals surface area contributed by atoms with Gasteiger partial charge in [-0.25, -0.2) is 0 Å². The Morgan fingerprint density at radius 3 is 2.55 bits per heavy atom. The van der Waals surface area contributed by atoms with E-state index >= 15 is 0 Å². The second-order valence-electron chi connectivity index (χ2n) is 2.53. The second kappa shape index (κ2) is 3.34. The van der Waals surface area contributed by atoms with Crippen LogP contribution in [-0.2, 0) is 4.79 Å². The first-order valence-corrected chi connectivity index (χ1v) is 3.53. The summed E-state index contributed by atoms with van der Waals surface area (Å²) in [6.45, 7) is 0. The lowest BCUT2D eigenvalue weighted by Gasteiger charge is -2.14. The van der Waals surface area contributed by atoms with Crippen molar-refractivity contribution in [2.75, 3.05) is 0 Å². The summed E-state index contributed by atoms with van der Waals surface area (Å²) in [5, 5.41) is 8.54. The van der Waals surface area contributed by atoms with Crippen LogP contribution in [0.4, 0.5) is 0 Å². The monoisotopic (exact) mass is 153 g/mol. The summed E-state index contributed by atoms with van der Waals surface area (Å²) in [6, 6.07) is -0.803. The maximum absolute atomic E-state index is 10.4. The van der Waals surface area contributed by atoms with E-state index in [9.17, 15) is 4.79 Å². The minimum absolute atomic E-state index is 0.138. The highest BCUT2D eigenvalue weighted by Crippen LogP contribution is 2.12. The number of allylic oxidation sites excluding steroid dienone is 2. The molecule has 0 spiro atoms. The van der Waals surface area contributed by atoms with Crippen molar-refractivity contribution in [2.45, 2.75) is 12.5 Å². The van der Waals surface area contributed by atoms with Gasteiger partial charge in [-0.15, -0.1) is 0 Å². The lowest BCUT2D eigenvalue weighted by atomic mass is 9.96. The number of hydrogen-bond acceptors (Lipinski definition) is 2. The Morgan fingerprint density at radius 1 is 1.55 bits per heavy atom. The average Bonchev–Trinajstić information content (AvgIpc) is 2.05. The Balaban J connectivity index is 2.59. The fourth-order valence-electron chi connectivity index (χ4n) is 1.02. The number of carboxylic acid groups (broad SMARTS) is 1. The standard InChI is InChI=1S/C8H11NO2/c9-7(8(10)11)6-4-2-1-3-5-6/h2-7H,1,9H2,(H,10,11)/t7-/m1/s1. The van der Waals surface area contributed by atoms with Gasteiger partial charge in [0.15, 0.2) is 0 Å². The molecule has 1 aliphatic rings. The molecule has 0 aromatic rings. The Bertz CT molecular complexity index is 196. The third-order valence-corrected chi connectivity index (χ3v) is 1.69. The van der Waals surface area contributed by atoms with E-state index in [-0.39, 0.29) is 5.92 Å². The lowest BCUT2D eigenvalue weighted by molar-refractivity contribution is -0.139. The lowest BCUT2D eigenvalue weighted by Crippen LogP contribution is -2.36. The van der Waals surface area contributed by atoms with Gasteiger partial charge in [0.05, 0.1) is 0 Å². The molecule has 3 nitrogen and oxygen atoms in total. The number of rotatable bonds is 2. The van der Waals surface area contributed by atoms with Crippen LogP contribution in [0.15, 0.2) is 24.3 Å². The highest BCUT2D eigenvalue weighted by atomic mass is 16.4. The van der Waals surface area contributed by atoms with Crippen molar-refractivity contribution >= 4 is 5.97 Å². The fourth-order valence-corrected chi connectivity index (χ4v) is 1.02. The Labute approximate surface area is 65.2 Å². The molecule has 1 aliphatic carbocycles. The van der Waals surface area contributed by atoms with Gasteiger partial charge >= 0.3 is 5.97 Å². The molecule has 0 saturated heterocycles. The molecule has 0 bridgehead atoms. The smallest absolute Gasteiger partial charge is 0.321 e. The number of carbonyl (C=O) groups is 1. The van der Waals surface area contributed by atoms with Crippen molar-refractivity contribution in [2.24, 2.45) is 11.7 Å². The molecule has 0 aromatic carbocycles. The zero-order chi connectivity index (χ0) is 8.27. The van der Waals surface area contributed by atoms with Gasteiger partial charge in [-0.2, -0.15) is 0 Å². The summed E-state index contributed by atoms with van der Waals surface area (Å²) in [6.07, 6.45) is 8.39. The molecule has 0 fully saturated rings. The first kappa shape index (κ1) is 8.01. The van der Waals surface area contributed by atoms with E-state index in [1.54, 1.807) is 0 Å². The first-order valence-electron chi connectivity index (χ1n) is 3.53. The van der Waals surface area contributed by atoms with E-state index < -0.39 is 12.0 Å². The van der Waals surface area contributed by atoms with E-state index in [0.717, 1.165) is 6.42 Å². The minimum Gasteiger partial charge on any atom is -0.480 e. The van der Waals surface area contributed by atoms with Crippen LogP contribution in [0.3, 0.4) is 0 Å². The van der Waals surface area contributed by atoms with Crippen molar-refractivity contribution in [1.29, 1.82) is 0 Å². The maximum Gasteiger partial charge on any atom is 0.321 e. The molecule has 1 atom stereocenters. The minimum atomic E-state index is -0.953. The Morgan fingerprint density at radius 2 is 2.09 bits per heavy atom. The van der Waals surface area contributed by atoms with Crippen LogP contribution in [0.1, 0.15) is 6.42 Å². The van der Waals surface area contributed by atoms with Gasteiger partial charge < -0.3 is 10.8 Å². The average molecular weight is 153 g/mol. The molecule has 0 saturated carbocycles. The molecule has 11 heavy (non-hydrogen) atoms. The third-order valence-electron chi connectivity index (χ3n) is 1.69. The van der Waals surface area contributed by atoms with Crippen LogP contribution in [0.25, 0.3) is 0 Å². The quantitative estimate of drug-likeness (QED) is 0.569. The van der Waals surface area contributed by atoms with Crippen LogP contribution >= 0.6 is 0 Å². The van der Waals surface area contributed by atoms with Crippen molar-refractivity contribution in [3.63, 3.8) is 0 Å². The van der Waals surface area contributed by atoms with Crippen LogP contribution in [0, 0.1) is 5.92 Å². The topological polar surface area (TPSA) is 63.3 Å². The highest BCUT2D eigenvalue weighted by Gasteiger charge is 2.19. The van der Waals surface area contributed by atoms with Crippen molar-refractivity contribution < 1.29 is 9.90 Å². The predicted molar refractivity (Wildman–Crippen MR) is 42.0 cm³/mol. The molecule has 0 radical (unpaired) electrons. The highest BCUT2D eigenvalue weighted by molar-refractivity contribution is 5.74. The number of nitrogens with two attached hydrogens (primary N) is 1. The normalized spacial score (nSPS) is 20.1. The second-order valence-corrected chi connectivity index (χ2v) is 2.53. The van der Waals surface area contributed by atoms with Crippen LogP contribution in [0.2, 0.25) is 0 Å². The first-order chi connectivity index (χ1) is 5.22. The molecule has 0 aliphatic heterocycles. The zero-order valence-corrected chi connectivity index (χ0v) is 6.10. The van der Waals surface area contributed by atoms with Gasteiger partial charge in [0.2, 0.25) is 0 Å². The van der Waals surface area contributed by atoms with E-state index in [1.165, 1.54) is 0 Å². The Kier molecular flexibility index (Phi) is 2.44. The molecule has 1 rings (SSSR count). The number of aliphatic carboxylic acids is 1. The van der Waals surface area contributed by atoms with Gasteiger partial charge in [0.25, 0.3) is 0 Å². The summed E-state index contributed by atoms with van der Waals surface area (Å²) in [5.41, 5.74) is 5.39. The SMILES string of the molecule is N[C@@H](C(=O)O)C1C=CCC=C1. The van der Waals surface area contributed by atoms with E-state index in [2.05, 4.69) is 0 Å². The molecule has 0 unspecified atom stereocenters. The van der Waals surface area contributed by atoms with Gasteiger partial charge in [-0.3, -0.25) is 4.79 Å². The third kappa shape index (κ3) is 1.91. The molecular formula is C8H11NO2.